The maximum absolute atomic E-state index is 10.7. The van der Waals surface area contributed by atoms with Crippen LogP contribution < -0.4 is 9.47 Å². The molecule has 0 bridgehead atoms. The van der Waals surface area contributed by atoms with E-state index in [2.05, 4.69) is 6.92 Å². The lowest BCUT2D eigenvalue weighted by molar-refractivity contribution is -0.131. The normalized spacial score (nSPS) is 10.1. The zero-order chi connectivity index (χ0) is 13.2. The summed E-state index contributed by atoms with van der Waals surface area (Å²) >= 11 is 0. The van der Waals surface area contributed by atoms with Crippen LogP contribution in [-0.4, -0.2) is 12.6 Å². The Morgan fingerprint density at radius 2 is 1.61 bits per heavy atom. The van der Waals surface area contributed by atoms with E-state index in [1.807, 2.05) is 12.1 Å². The number of hydrogen-bond acceptors (Lipinski definition) is 3. The second-order valence-corrected chi connectivity index (χ2v) is 4.33. The fourth-order valence-corrected chi connectivity index (χ4v) is 1.67. The molecule has 18 heavy (non-hydrogen) atoms. The summed E-state index contributed by atoms with van der Waals surface area (Å²) in [5.41, 5.74) is 0. The Labute approximate surface area is 109 Å². The molecule has 0 unspecified atom stereocenters. The fourth-order valence-electron chi connectivity index (χ4n) is 1.67. The molecule has 0 spiro atoms. The maximum Gasteiger partial charge on any atom is 0.308 e. The van der Waals surface area contributed by atoms with Crippen molar-refractivity contribution in [3.8, 4) is 11.5 Å². The Kier molecular flexibility index (Phi) is 6.92. The van der Waals surface area contributed by atoms with Crippen molar-refractivity contribution in [2.45, 2.75) is 46.0 Å². The standard InChI is InChI=1S/C15H22O3/c1-3-4-5-6-7-12-17-14-8-10-15(11-9-14)18-13(2)16/h8-11H,3-7,12H2,1-2H3. The van der Waals surface area contributed by atoms with Crippen molar-refractivity contribution in [1.82, 2.24) is 0 Å². The van der Waals surface area contributed by atoms with E-state index in [4.69, 9.17) is 9.47 Å². The number of esters is 1. The van der Waals surface area contributed by atoms with Crippen LogP contribution in [0.1, 0.15) is 46.0 Å². The molecule has 3 heteroatoms. The molecule has 0 aliphatic carbocycles. The summed E-state index contributed by atoms with van der Waals surface area (Å²) < 4.78 is 10.6. The van der Waals surface area contributed by atoms with Crippen molar-refractivity contribution in [3.05, 3.63) is 24.3 Å². The summed E-state index contributed by atoms with van der Waals surface area (Å²) in [6.45, 7) is 4.35. The average molecular weight is 250 g/mol. The molecule has 0 saturated heterocycles. The first kappa shape index (κ1) is 14.6. The molecule has 0 amide bonds. The van der Waals surface area contributed by atoms with Gasteiger partial charge in [-0.15, -0.1) is 0 Å². The van der Waals surface area contributed by atoms with Gasteiger partial charge in [0.2, 0.25) is 0 Å². The minimum absolute atomic E-state index is 0.306. The minimum Gasteiger partial charge on any atom is -0.494 e. The van der Waals surface area contributed by atoms with E-state index in [0.717, 1.165) is 18.8 Å². The van der Waals surface area contributed by atoms with Gasteiger partial charge in [0.05, 0.1) is 6.61 Å². The van der Waals surface area contributed by atoms with Crippen LogP contribution >= 0.6 is 0 Å². The summed E-state index contributed by atoms with van der Waals surface area (Å²) in [5.74, 6) is 1.07. The van der Waals surface area contributed by atoms with Gasteiger partial charge in [0, 0.05) is 6.92 Å². The van der Waals surface area contributed by atoms with E-state index in [-0.39, 0.29) is 5.97 Å². The highest BCUT2D eigenvalue weighted by Crippen LogP contribution is 2.18. The molecule has 0 radical (unpaired) electrons. The smallest absolute Gasteiger partial charge is 0.308 e. The first-order valence-electron chi connectivity index (χ1n) is 6.63. The monoisotopic (exact) mass is 250 g/mol. The molecule has 100 valence electrons. The third-order valence-electron chi connectivity index (χ3n) is 2.60. The molecule has 1 aromatic carbocycles. The second-order valence-electron chi connectivity index (χ2n) is 4.33. The molecule has 0 aliphatic heterocycles. The van der Waals surface area contributed by atoms with Gasteiger partial charge in [-0.05, 0) is 30.7 Å². The SMILES string of the molecule is CCCCCCCOc1ccc(OC(C)=O)cc1. The van der Waals surface area contributed by atoms with Gasteiger partial charge in [0.15, 0.2) is 0 Å². The van der Waals surface area contributed by atoms with Gasteiger partial charge < -0.3 is 9.47 Å². The Morgan fingerprint density at radius 1 is 1.00 bits per heavy atom. The highest BCUT2D eigenvalue weighted by atomic mass is 16.5. The number of unbranched alkanes of at least 4 members (excludes halogenated alkanes) is 4. The van der Waals surface area contributed by atoms with Crippen LogP contribution in [0, 0.1) is 0 Å². The quantitative estimate of drug-likeness (QED) is 0.398. The first-order chi connectivity index (χ1) is 8.72. The van der Waals surface area contributed by atoms with Crippen LogP contribution in [0.15, 0.2) is 24.3 Å². The van der Waals surface area contributed by atoms with Crippen LogP contribution in [0.5, 0.6) is 11.5 Å². The lowest BCUT2D eigenvalue weighted by Gasteiger charge is -2.07. The molecular weight excluding hydrogens is 228 g/mol. The van der Waals surface area contributed by atoms with Gasteiger partial charge in [-0.2, -0.15) is 0 Å². The van der Waals surface area contributed by atoms with Gasteiger partial charge in [-0.25, -0.2) is 0 Å². The summed E-state index contributed by atoms with van der Waals surface area (Å²) in [7, 11) is 0. The lowest BCUT2D eigenvalue weighted by atomic mass is 10.2. The van der Waals surface area contributed by atoms with Crippen LogP contribution in [0.25, 0.3) is 0 Å². The van der Waals surface area contributed by atoms with Crippen molar-refractivity contribution in [2.24, 2.45) is 0 Å². The first-order valence-corrected chi connectivity index (χ1v) is 6.63. The van der Waals surface area contributed by atoms with E-state index in [1.54, 1.807) is 12.1 Å². The molecule has 0 heterocycles. The minimum atomic E-state index is -0.306. The number of carbonyl (C=O) groups is 1. The zero-order valence-corrected chi connectivity index (χ0v) is 11.3. The lowest BCUT2D eigenvalue weighted by Crippen LogP contribution is -2.01. The molecule has 1 rings (SSSR count). The number of hydrogen-bond donors (Lipinski definition) is 0. The number of benzene rings is 1. The molecule has 0 aromatic heterocycles. The Morgan fingerprint density at radius 3 is 2.22 bits per heavy atom. The zero-order valence-electron chi connectivity index (χ0n) is 11.3. The van der Waals surface area contributed by atoms with Crippen molar-refractivity contribution in [1.29, 1.82) is 0 Å². The Balaban J connectivity index is 2.20. The van der Waals surface area contributed by atoms with E-state index in [0.29, 0.717) is 5.75 Å². The topological polar surface area (TPSA) is 35.5 Å². The van der Waals surface area contributed by atoms with Gasteiger partial charge >= 0.3 is 5.97 Å². The number of rotatable bonds is 8. The summed E-state index contributed by atoms with van der Waals surface area (Å²) in [6, 6.07) is 7.14. The van der Waals surface area contributed by atoms with Crippen molar-refractivity contribution >= 4 is 5.97 Å². The molecule has 0 atom stereocenters. The van der Waals surface area contributed by atoms with Crippen LogP contribution in [0.2, 0.25) is 0 Å². The van der Waals surface area contributed by atoms with Gasteiger partial charge in [0.25, 0.3) is 0 Å². The average Bonchev–Trinajstić information content (AvgIpc) is 2.35. The summed E-state index contributed by atoms with van der Waals surface area (Å²) in [6.07, 6.45) is 6.16. The van der Waals surface area contributed by atoms with Gasteiger partial charge in [0.1, 0.15) is 11.5 Å². The fraction of sp³-hybridized carbons (Fsp3) is 0.533. The molecule has 0 saturated carbocycles. The molecular formula is C15H22O3. The van der Waals surface area contributed by atoms with E-state index in [1.165, 1.54) is 32.6 Å². The molecule has 0 aliphatic rings. The number of carbonyl (C=O) groups excluding carboxylic acids is 1. The van der Waals surface area contributed by atoms with Gasteiger partial charge in [-0.1, -0.05) is 32.6 Å². The van der Waals surface area contributed by atoms with Crippen molar-refractivity contribution < 1.29 is 14.3 Å². The highest BCUT2D eigenvalue weighted by Gasteiger charge is 1.99. The summed E-state index contributed by atoms with van der Waals surface area (Å²) in [4.78, 5) is 10.7. The molecule has 0 N–H and O–H groups in total. The molecule has 3 nitrogen and oxygen atoms in total. The predicted molar refractivity (Wildman–Crippen MR) is 72.0 cm³/mol. The van der Waals surface area contributed by atoms with Gasteiger partial charge in [-0.3, -0.25) is 4.79 Å². The van der Waals surface area contributed by atoms with E-state index in [9.17, 15) is 4.79 Å². The Bertz CT molecular complexity index is 343. The van der Waals surface area contributed by atoms with E-state index >= 15 is 0 Å². The van der Waals surface area contributed by atoms with Crippen molar-refractivity contribution in [2.75, 3.05) is 6.61 Å². The molecule has 1 aromatic rings. The Hall–Kier alpha value is -1.51. The predicted octanol–water partition coefficient (Wildman–Crippen LogP) is 3.96. The van der Waals surface area contributed by atoms with Crippen LogP contribution in [-0.2, 0) is 4.79 Å². The third-order valence-corrected chi connectivity index (χ3v) is 2.60. The highest BCUT2D eigenvalue weighted by molar-refractivity contribution is 5.69. The maximum atomic E-state index is 10.7. The third kappa shape index (κ3) is 6.28. The van der Waals surface area contributed by atoms with Crippen molar-refractivity contribution in [3.63, 3.8) is 0 Å². The van der Waals surface area contributed by atoms with E-state index < -0.39 is 0 Å². The molecule has 0 fully saturated rings. The number of ether oxygens (including phenoxy) is 2. The largest absolute Gasteiger partial charge is 0.494 e. The second kappa shape index (κ2) is 8.56. The van der Waals surface area contributed by atoms with Crippen LogP contribution in [0.3, 0.4) is 0 Å². The summed E-state index contributed by atoms with van der Waals surface area (Å²) in [5, 5.41) is 0. The van der Waals surface area contributed by atoms with Crippen LogP contribution in [0.4, 0.5) is 0 Å².